The molecule has 12 heavy (non-hydrogen) atoms. The Hall–Kier alpha value is 0. The summed E-state index contributed by atoms with van der Waals surface area (Å²) in [7, 11) is 0. The van der Waals surface area contributed by atoms with Crippen molar-refractivity contribution in [3.8, 4) is 0 Å². The second kappa shape index (κ2) is 4.30. The molecule has 2 aliphatic rings. The van der Waals surface area contributed by atoms with E-state index in [0.717, 1.165) is 11.3 Å². The van der Waals surface area contributed by atoms with E-state index in [0.29, 0.717) is 0 Å². The van der Waals surface area contributed by atoms with E-state index in [4.69, 9.17) is 0 Å². The van der Waals surface area contributed by atoms with Gasteiger partial charge in [0.1, 0.15) is 0 Å². The van der Waals surface area contributed by atoms with Gasteiger partial charge in [-0.25, -0.2) is 0 Å². The number of hydrogen-bond donors (Lipinski definition) is 0. The van der Waals surface area contributed by atoms with Crippen LogP contribution >= 0.6 is 0 Å². The maximum Gasteiger partial charge on any atom is -0.0297 e. The summed E-state index contributed by atoms with van der Waals surface area (Å²) in [6, 6.07) is 0. The Morgan fingerprint density at radius 2 is 1.42 bits per heavy atom. The third-order valence-electron chi connectivity index (χ3n) is 3.29. The minimum absolute atomic E-state index is 0.909. The van der Waals surface area contributed by atoms with Gasteiger partial charge in [-0.05, 0) is 37.0 Å². The summed E-state index contributed by atoms with van der Waals surface area (Å²) in [5.41, 5.74) is 0.909. The standard InChI is InChI=1S/C9H16.C3H8/c1-8-2-4-9(5-3-8)6-7-9;1-3-2/h8H,2-7H2,1H3;3H2,1-2H3. The second-order valence-electron chi connectivity index (χ2n) is 4.89. The lowest BCUT2D eigenvalue weighted by Gasteiger charge is -2.25. The molecule has 0 aromatic heterocycles. The van der Waals surface area contributed by atoms with Crippen LogP contribution in [0.4, 0.5) is 0 Å². The zero-order valence-electron chi connectivity index (χ0n) is 9.03. The van der Waals surface area contributed by atoms with Crippen molar-refractivity contribution < 1.29 is 0 Å². The first-order valence-electron chi connectivity index (χ1n) is 5.72. The van der Waals surface area contributed by atoms with E-state index in [1.165, 1.54) is 19.3 Å². The molecule has 0 unspecified atom stereocenters. The molecule has 0 N–H and O–H groups in total. The van der Waals surface area contributed by atoms with Crippen molar-refractivity contribution in [2.24, 2.45) is 11.3 Å². The molecule has 0 saturated heterocycles. The maximum absolute atomic E-state index is 2.40. The van der Waals surface area contributed by atoms with Crippen LogP contribution in [-0.2, 0) is 0 Å². The van der Waals surface area contributed by atoms with Crippen LogP contribution in [0.1, 0.15) is 65.7 Å². The molecule has 0 amide bonds. The lowest BCUT2D eigenvalue weighted by molar-refractivity contribution is 0.271. The van der Waals surface area contributed by atoms with Crippen LogP contribution in [0.25, 0.3) is 0 Å². The summed E-state index contributed by atoms with van der Waals surface area (Å²) in [6.07, 6.45) is 10.5. The first kappa shape index (κ1) is 10.1. The average Bonchev–Trinajstić information content (AvgIpc) is 2.79. The molecule has 2 saturated carbocycles. The fourth-order valence-corrected chi connectivity index (χ4v) is 2.05. The van der Waals surface area contributed by atoms with Gasteiger partial charge in [0, 0.05) is 0 Å². The molecular formula is C12H24. The largest absolute Gasteiger partial charge is 0.0656 e. The van der Waals surface area contributed by atoms with Crippen LogP contribution in [0, 0.1) is 11.3 Å². The van der Waals surface area contributed by atoms with Crippen molar-refractivity contribution in [1.82, 2.24) is 0 Å². The van der Waals surface area contributed by atoms with Crippen molar-refractivity contribution in [2.75, 3.05) is 0 Å². The molecule has 0 nitrogen and oxygen atoms in total. The molecule has 2 aliphatic carbocycles. The molecule has 0 aromatic rings. The Bertz CT molecular complexity index is 112. The highest BCUT2D eigenvalue weighted by molar-refractivity contribution is 4.95. The van der Waals surface area contributed by atoms with Crippen LogP contribution < -0.4 is 0 Å². The highest BCUT2D eigenvalue weighted by atomic mass is 14.5. The summed E-state index contributed by atoms with van der Waals surface area (Å²) in [4.78, 5) is 0. The SMILES string of the molecule is CC1CCC2(CC1)CC2.CCC. The van der Waals surface area contributed by atoms with E-state index in [-0.39, 0.29) is 0 Å². The molecule has 0 heteroatoms. The van der Waals surface area contributed by atoms with E-state index in [9.17, 15) is 0 Å². The molecule has 0 aromatic carbocycles. The normalized spacial score (nSPS) is 26.2. The van der Waals surface area contributed by atoms with E-state index >= 15 is 0 Å². The predicted octanol–water partition coefficient (Wildman–Crippen LogP) is 4.39. The van der Waals surface area contributed by atoms with E-state index in [2.05, 4.69) is 20.8 Å². The topological polar surface area (TPSA) is 0 Å². The predicted molar refractivity (Wildman–Crippen MR) is 55.3 cm³/mol. The second-order valence-corrected chi connectivity index (χ2v) is 4.89. The highest BCUT2D eigenvalue weighted by Gasteiger charge is 2.43. The number of rotatable bonds is 0. The fraction of sp³-hybridized carbons (Fsp3) is 1.00. The first-order chi connectivity index (χ1) is 5.72. The molecule has 0 atom stereocenters. The van der Waals surface area contributed by atoms with E-state index < -0.39 is 0 Å². The van der Waals surface area contributed by atoms with Gasteiger partial charge in [-0.1, -0.05) is 40.0 Å². The Morgan fingerprint density at radius 3 is 1.75 bits per heavy atom. The molecule has 72 valence electrons. The third kappa shape index (κ3) is 2.80. The Balaban J connectivity index is 0.000000213. The van der Waals surface area contributed by atoms with Crippen molar-refractivity contribution >= 4 is 0 Å². The van der Waals surface area contributed by atoms with Gasteiger partial charge in [-0.3, -0.25) is 0 Å². The molecule has 1 spiro atoms. The Kier molecular flexibility index (Phi) is 3.61. The quantitative estimate of drug-likeness (QED) is 0.503. The highest BCUT2D eigenvalue weighted by Crippen LogP contribution is 2.56. The molecule has 2 rings (SSSR count). The molecule has 0 bridgehead atoms. The van der Waals surface area contributed by atoms with Gasteiger partial charge in [0.2, 0.25) is 0 Å². The average molecular weight is 168 g/mol. The molecule has 0 aliphatic heterocycles. The summed E-state index contributed by atoms with van der Waals surface area (Å²) in [6.45, 7) is 6.65. The lowest BCUT2D eigenvalue weighted by atomic mass is 9.81. The monoisotopic (exact) mass is 168 g/mol. The Morgan fingerprint density at radius 1 is 1.00 bits per heavy atom. The van der Waals surface area contributed by atoms with Gasteiger partial charge in [-0.15, -0.1) is 0 Å². The zero-order chi connectivity index (χ0) is 9.03. The van der Waals surface area contributed by atoms with Crippen molar-refractivity contribution in [2.45, 2.75) is 65.7 Å². The van der Waals surface area contributed by atoms with Gasteiger partial charge in [-0.2, -0.15) is 0 Å². The molecular weight excluding hydrogens is 144 g/mol. The minimum atomic E-state index is 0.909. The van der Waals surface area contributed by atoms with Crippen LogP contribution in [0.15, 0.2) is 0 Å². The third-order valence-corrected chi connectivity index (χ3v) is 3.29. The summed E-state index contributed by atoms with van der Waals surface area (Å²) >= 11 is 0. The molecule has 2 fully saturated rings. The summed E-state index contributed by atoms with van der Waals surface area (Å²) < 4.78 is 0. The van der Waals surface area contributed by atoms with E-state index in [1.807, 2.05) is 0 Å². The van der Waals surface area contributed by atoms with Gasteiger partial charge < -0.3 is 0 Å². The fourth-order valence-electron chi connectivity index (χ4n) is 2.05. The van der Waals surface area contributed by atoms with Gasteiger partial charge in [0.05, 0.1) is 0 Å². The van der Waals surface area contributed by atoms with Crippen LogP contribution in [0.2, 0.25) is 0 Å². The van der Waals surface area contributed by atoms with E-state index in [1.54, 1.807) is 25.7 Å². The van der Waals surface area contributed by atoms with Crippen LogP contribution in [0.5, 0.6) is 0 Å². The van der Waals surface area contributed by atoms with Gasteiger partial charge in [0.15, 0.2) is 0 Å². The Labute approximate surface area is 77.7 Å². The molecule has 0 radical (unpaired) electrons. The first-order valence-corrected chi connectivity index (χ1v) is 5.72. The van der Waals surface area contributed by atoms with Gasteiger partial charge in [0.25, 0.3) is 0 Å². The van der Waals surface area contributed by atoms with Crippen molar-refractivity contribution in [3.05, 3.63) is 0 Å². The maximum atomic E-state index is 2.40. The smallest absolute Gasteiger partial charge is 0.0297 e. The van der Waals surface area contributed by atoms with Crippen LogP contribution in [0.3, 0.4) is 0 Å². The zero-order valence-corrected chi connectivity index (χ0v) is 9.03. The van der Waals surface area contributed by atoms with Gasteiger partial charge >= 0.3 is 0 Å². The minimum Gasteiger partial charge on any atom is -0.0656 e. The lowest BCUT2D eigenvalue weighted by Crippen LogP contribution is -2.12. The van der Waals surface area contributed by atoms with Crippen LogP contribution in [-0.4, -0.2) is 0 Å². The van der Waals surface area contributed by atoms with Crippen molar-refractivity contribution in [1.29, 1.82) is 0 Å². The van der Waals surface area contributed by atoms with Crippen molar-refractivity contribution in [3.63, 3.8) is 0 Å². The molecule has 0 heterocycles. The summed E-state index contributed by atoms with van der Waals surface area (Å²) in [5.74, 6) is 1.04. The summed E-state index contributed by atoms with van der Waals surface area (Å²) in [5, 5.41) is 0. The number of hydrogen-bond acceptors (Lipinski definition) is 0.